The maximum atomic E-state index is 12.7. The van der Waals surface area contributed by atoms with Gasteiger partial charge in [0, 0.05) is 55.4 Å². The molecule has 23 heavy (non-hydrogen) atoms. The summed E-state index contributed by atoms with van der Waals surface area (Å²) in [6.07, 6.45) is 3.96. The van der Waals surface area contributed by atoms with Crippen molar-refractivity contribution in [1.29, 1.82) is 0 Å². The predicted octanol–water partition coefficient (Wildman–Crippen LogP) is 1.27. The SMILES string of the molecule is CCc1nsc(N2CCN(C(=O)c3n[nH]c4c3CCC4)CC2)n1. The molecule has 8 heteroatoms. The first-order valence-corrected chi connectivity index (χ1v) is 8.96. The molecule has 0 bridgehead atoms. The Hall–Kier alpha value is -1.96. The second-order valence-corrected chi connectivity index (χ2v) is 6.74. The highest BCUT2D eigenvalue weighted by molar-refractivity contribution is 7.09. The van der Waals surface area contributed by atoms with Gasteiger partial charge in [-0.25, -0.2) is 4.98 Å². The first kappa shape index (κ1) is 14.6. The largest absolute Gasteiger partial charge is 0.343 e. The Balaban J connectivity index is 1.42. The van der Waals surface area contributed by atoms with E-state index in [4.69, 9.17) is 0 Å². The molecule has 0 spiro atoms. The standard InChI is InChI=1S/C15H20N6OS/c1-2-12-16-15(23-19-12)21-8-6-20(7-9-21)14(22)13-10-4-3-5-11(10)17-18-13/h2-9H2,1H3,(H,17,18). The second-order valence-electron chi connectivity index (χ2n) is 6.01. The number of anilines is 1. The van der Waals surface area contributed by atoms with Crippen molar-refractivity contribution >= 4 is 22.6 Å². The number of nitrogens with zero attached hydrogens (tertiary/aromatic N) is 5. The molecule has 0 atom stereocenters. The number of aromatic nitrogens is 4. The molecule has 7 nitrogen and oxygen atoms in total. The molecule has 1 aliphatic heterocycles. The maximum Gasteiger partial charge on any atom is 0.274 e. The topological polar surface area (TPSA) is 78.0 Å². The first-order valence-electron chi connectivity index (χ1n) is 8.19. The number of aromatic amines is 1. The van der Waals surface area contributed by atoms with E-state index in [0.717, 1.165) is 61.0 Å². The van der Waals surface area contributed by atoms with Crippen LogP contribution in [0.15, 0.2) is 0 Å². The lowest BCUT2D eigenvalue weighted by Crippen LogP contribution is -2.49. The van der Waals surface area contributed by atoms with Crippen LogP contribution in [0.2, 0.25) is 0 Å². The van der Waals surface area contributed by atoms with Gasteiger partial charge in [0.25, 0.3) is 5.91 Å². The average Bonchev–Trinajstić information content (AvgIpc) is 3.30. The number of carbonyl (C=O) groups is 1. The molecule has 0 saturated carbocycles. The van der Waals surface area contributed by atoms with Crippen LogP contribution in [0.5, 0.6) is 0 Å². The number of hydrogen-bond acceptors (Lipinski definition) is 6. The predicted molar refractivity (Wildman–Crippen MR) is 88.0 cm³/mol. The molecule has 122 valence electrons. The van der Waals surface area contributed by atoms with E-state index in [2.05, 4.69) is 31.4 Å². The summed E-state index contributed by atoms with van der Waals surface area (Å²) in [7, 11) is 0. The van der Waals surface area contributed by atoms with Crippen molar-refractivity contribution in [3.05, 3.63) is 22.8 Å². The minimum absolute atomic E-state index is 0.0653. The Morgan fingerprint density at radius 3 is 2.83 bits per heavy atom. The zero-order valence-electron chi connectivity index (χ0n) is 13.2. The fourth-order valence-electron chi connectivity index (χ4n) is 3.26. The Morgan fingerprint density at radius 1 is 1.26 bits per heavy atom. The summed E-state index contributed by atoms with van der Waals surface area (Å²) < 4.78 is 4.34. The fourth-order valence-corrected chi connectivity index (χ4v) is 4.06. The van der Waals surface area contributed by atoms with Crippen molar-refractivity contribution in [1.82, 2.24) is 24.5 Å². The third kappa shape index (κ3) is 2.60. The van der Waals surface area contributed by atoms with Gasteiger partial charge in [-0.2, -0.15) is 9.47 Å². The van der Waals surface area contributed by atoms with Gasteiger partial charge < -0.3 is 9.80 Å². The monoisotopic (exact) mass is 332 g/mol. The fraction of sp³-hybridized carbons (Fsp3) is 0.600. The van der Waals surface area contributed by atoms with E-state index >= 15 is 0 Å². The van der Waals surface area contributed by atoms with Gasteiger partial charge in [0.05, 0.1) is 0 Å². The average molecular weight is 332 g/mol. The highest BCUT2D eigenvalue weighted by Crippen LogP contribution is 2.25. The molecule has 0 unspecified atom stereocenters. The van der Waals surface area contributed by atoms with Crippen molar-refractivity contribution in [3.63, 3.8) is 0 Å². The number of H-pyrrole nitrogens is 1. The highest BCUT2D eigenvalue weighted by Gasteiger charge is 2.29. The van der Waals surface area contributed by atoms with Crippen LogP contribution in [0.1, 0.15) is 40.9 Å². The van der Waals surface area contributed by atoms with Gasteiger partial charge in [0.2, 0.25) is 5.13 Å². The molecule has 1 fully saturated rings. The molecule has 2 aliphatic rings. The van der Waals surface area contributed by atoms with Gasteiger partial charge in [-0.15, -0.1) is 0 Å². The molecular weight excluding hydrogens is 312 g/mol. The molecule has 0 radical (unpaired) electrons. The lowest BCUT2D eigenvalue weighted by Gasteiger charge is -2.34. The summed E-state index contributed by atoms with van der Waals surface area (Å²) in [6.45, 7) is 5.08. The van der Waals surface area contributed by atoms with E-state index in [0.29, 0.717) is 18.8 Å². The van der Waals surface area contributed by atoms with Crippen molar-refractivity contribution in [3.8, 4) is 0 Å². The van der Waals surface area contributed by atoms with E-state index in [-0.39, 0.29) is 5.91 Å². The van der Waals surface area contributed by atoms with Gasteiger partial charge in [-0.1, -0.05) is 6.92 Å². The Morgan fingerprint density at radius 2 is 2.09 bits per heavy atom. The summed E-state index contributed by atoms with van der Waals surface area (Å²) in [5, 5.41) is 8.25. The van der Waals surface area contributed by atoms with Crippen LogP contribution in [0.3, 0.4) is 0 Å². The first-order chi connectivity index (χ1) is 11.3. The molecule has 1 amide bonds. The molecular formula is C15H20N6OS. The minimum Gasteiger partial charge on any atom is -0.343 e. The lowest BCUT2D eigenvalue weighted by molar-refractivity contribution is 0.0739. The van der Waals surface area contributed by atoms with E-state index < -0.39 is 0 Å². The van der Waals surface area contributed by atoms with Crippen LogP contribution < -0.4 is 4.90 Å². The number of amides is 1. The number of aryl methyl sites for hydroxylation is 2. The molecule has 3 heterocycles. The van der Waals surface area contributed by atoms with E-state index in [1.165, 1.54) is 11.5 Å². The van der Waals surface area contributed by atoms with E-state index in [1.807, 2.05) is 4.90 Å². The Bertz CT molecular complexity index is 715. The van der Waals surface area contributed by atoms with Crippen LogP contribution in [-0.2, 0) is 19.3 Å². The van der Waals surface area contributed by atoms with Crippen molar-refractivity contribution in [2.75, 3.05) is 31.1 Å². The molecule has 1 aliphatic carbocycles. The normalized spacial score (nSPS) is 17.6. The summed E-state index contributed by atoms with van der Waals surface area (Å²) in [5.74, 6) is 0.964. The number of piperazine rings is 1. The third-order valence-electron chi connectivity index (χ3n) is 4.62. The minimum atomic E-state index is 0.0653. The molecule has 1 saturated heterocycles. The summed E-state index contributed by atoms with van der Waals surface area (Å²) in [5.41, 5.74) is 2.91. The van der Waals surface area contributed by atoms with Crippen LogP contribution >= 0.6 is 11.5 Å². The van der Waals surface area contributed by atoms with Crippen LogP contribution in [0.25, 0.3) is 0 Å². The second kappa shape index (κ2) is 5.92. The summed E-state index contributed by atoms with van der Waals surface area (Å²) in [6, 6.07) is 0. The van der Waals surface area contributed by atoms with Crippen molar-refractivity contribution in [2.45, 2.75) is 32.6 Å². The van der Waals surface area contributed by atoms with Gasteiger partial charge in [-0.05, 0) is 19.3 Å². The van der Waals surface area contributed by atoms with Crippen LogP contribution in [0, 0.1) is 0 Å². The molecule has 0 aromatic carbocycles. The van der Waals surface area contributed by atoms with Crippen LogP contribution in [-0.4, -0.2) is 56.5 Å². The number of carbonyl (C=O) groups excluding carboxylic acids is 1. The quantitative estimate of drug-likeness (QED) is 0.916. The Labute approximate surface area is 138 Å². The highest BCUT2D eigenvalue weighted by atomic mass is 32.1. The summed E-state index contributed by atoms with van der Waals surface area (Å²) >= 11 is 1.45. The smallest absolute Gasteiger partial charge is 0.274 e. The van der Waals surface area contributed by atoms with E-state index in [1.54, 1.807) is 0 Å². The van der Waals surface area contributed by atoms with Gasteiger partial charge in [-0.3, -0.25) is 9.89 Å². The van der Waals surface area contributed by atoms with Crippen molar-refractivity contribution in [2.24, 2.45) is 0 Å². The van der Waals surface area contributed by atoms with Crippen LogP contribution in [0.4, 0.5) is 5.13 Å². The summed E-state index contributed by atoms with van der Waals surface area (Å²) in [4.78, 5) is 21.4. The zero-order valence-corrected chi connectivity index (χ0v) is 14.0. The molecule has 2 aromatic rings. The number of rotatable bonds is 3. The molecule has 2 aromatic heterocycles. The number of fused-ring (bicyclic) bond motifs is 1. The third-order valence-corrected chi connectivity index (χ3v) is 5.43. The van der Waals surface area contributed by atoms with Crippen molar-refractivity contribution < 1.29 is 4.79 Å². The van der Waals surface area contributed by atoms with Gasteiger partial charge >= 0.3 is 0 Å². The lowest BCUT2D eigenvalue weighted by atomic mass is 10.1. The zero-order chi connectivity index (χ0) is 15.8. The van der Waals surface area contributed by atoms with Gasteiger partial charge in [0.1, 0.15) is 5.82 Å². The number of hydrogen-bond donors (Lipinski definition) is 1. The Kier molecular flexibility index (Phi) is 3.76. The van der Waals surface area contributed by atoms with E-state index in [9.17, 15) is 4.79 Å². The maximum absolute atomic E-state index is 12.7. The van der Waals surface area contributed by atoms with Gasteiger partial charge in [0.15, 0.2) is 5.69 Å². The molecule has 1 N–H and O–H groups in total. The number of nitrogens with one attached hydrogen (secondary N) is 1. The molecule has 4 rings (SSSR count).